The highest BCUT2D eigenvalue weighted by atomic mass is 79.9. The number of likely N-dealkylation sites (tertiary alicyclic amines) is 1. The van der Waals surface area contributed by atoms with E-state index in [-0.39, 0.29) is 6.10 Å². The normalized spacial score (nSPS) is 28.8. The molecule has 1 saturated heterocycles. The van der Waals surface area contributed by atoms with Gasteiger partial charge in [-0.1, -0.05) is 28.1 Å². The van der Waals surface area contributed by atoms with E-state index in [0.717, 1.165) is 35.0 Å². The minimum Gasteiger partial charge on any atom is -0.388 e. The van der Waals surface area contributed by atoms with E-state index in [1.54, 1.807) is 0 Å². The highest BCUT2D eigenvalue weighted by Gasteiger charge is 2.37. The van der Waals surface area contributed by atoms with Gasteiger partial charge in [-0.25, -0.2) is 0 Å². The number of aliphatic hydroxyl groups excluding tert-OH is 1. The zero-order valence-corrected chi connectivity index (χ0v) is 12.1. The molecule has 1 heterocycles. The van der Waals surface area contributed by atoms with Gasteiger partial charge in [0.05, 0.1) is 6.10 Å². The quantitative estimate of drug-likeness (QED) is 0.922. The molecule has 1 N–H and O–H groups in total. The summed E-state index contributed by atoms with van der Waals surface area (Å²) < 4.78 is 1.04. The van der Waals surface area contributed by atoms with Crippen LogP contribution in [0.1, 0.15) is 37.4 Å². The second-order valence-corrected chi connectivity index (χ2v) is 6.60. The summed E-state index contributed by atoms with van der Waals surface area (Å²) in [4.78, 5) is 2.58. The lowest BCUT2D eigenvalue weighted by molar-refractivity contribution is 0.129. The molecule has 18 heavy (non-hydrogen) atoms. The van der Waals surface area contributed by atoms with Crippen molar-refractivity contribution >= 4 is 15.9 Å². The first-order valence-electron chi connectivity index (χ1n) is 6.90. The Kier molecular flexibility index (Phi) is 3.73. The Hall–Kier alpha value is -0.380. The summed E-state index contributed by atoms with van der Waals surface area (Å²) in [6.07, 6.45) is 4.71. The minimum absolute atomic E-state index is 0.332. The summed E-state index contributed by atoms with van der Waals surface area (Å²) in [5, 5.41) is 10.2. The Morgan fingerprint density at radius 1 is 1.39 bits per heavy atom. The summed E-state index contributed by atoms with van der Waals surface area (Å²) in [7, 11) is 0. The first-order chi connectivity index (χ1) is 8.72. The van der Waals surface area contributed by atoms with Crippen LogP contribution >= 0.6 is 15.9 Å². The van der Waals surface area contributed by atoms with E-state index < -0.39 is 0 Å². The number of nitrogens with zero attached hydrogens (tertiary/aromatic N) is 1. The monoisotopic (exact) mass is 309 g/mol. The molecule has 1 saturated carbocycles. The smallest absolute Gasteiger partial charge is 0.0802 e. The summed E-state index contributed by atoms with van der Waals surface area (Å²) >= 11 is 3.45. The van der Waals surface area contributed by atoms with Crippen LogP contribution < -0.4 is 0 Å². The second kappa shape index (κ2) is 5.32. The van der Waals surface area contributed by atoms with Crippen LogP contribution in [0.25, 0.3) is 0 Å². The Bertz CT molecular complexity index is 423. The molecule has 3 atom stereocenters. The molecule has 3 rings (SSSR count). The summed E-state index contributed by atoms with van der Waals surface area (Å²) in [5.41, 5.74) is 1.02. The highest BCUT2D eigenvalue weighted by Crippen LogP contribution is 2.37. The molecule has 3 heteroatoms. The van der Waals surface area contributed by atoms with E-state index in [9.17, 15) is 5.11 Å². The first kappa shape index (κ1) is 12.6. The van der Waals surface area contributed by atoms with Gasteiger partial charge in [0.1, 0.15) is 0 Å². The Labute approximate surface area is 117 Å². The van der Waals surface area contributed by atoms with Gasteiger partial charge in [-0.05, 0) is 49.3 Å². The average molecular weight is 310 g/mol. The van der Waals surface area contributed by atoms with Gasteiger partial charge >= 0.3 is 0 Å². The predicted molar refractivity (Wildman–Crippen MR) is 76.4 cm³/mol. The molecule has 1 aromatic carbocycles. The molecule has 0 aromatic heterocycles. The van der Waals surface area contributed by atoms with Crippen LogP contribution in [0.4, 0.5) is 0 Å². The molecule has 2 bridgehead atoms. The summed E-state index contributed by atoms with van der Waals surface area (Å²) in [6.45, 7) is 2.30. The number of rotatable bonds is 4. The van der Waals surface area contributed by atoms with Gasteiger partial charge < -0.3 is 5.11 Å². The Morgan fingerprint density at radius 2 is 2.28 bits per heavy atom. The van der Waals surface area contributed by atoms with Crippen molar-refractivity contribution in [1.29, 1.82) is 0 Å². The third kappa shape index (κ3) is 2.63. The molecular weight excluding hydrogens is 290 g/mol. The number of hydrogen-bond acceptors (Lipinski definition) is 2. The highest BCUT2D eigenvalue weighted by molar-refractivity contribution is 9.10. The van der Waals surface area contributed by atoms with Crippen molar-refractivity contribution < 1.29 is 5.11 Å². The zero-order chi connectivity index (χ0) is 12.5. The van der Waals surface area contributed by atoms with Crippen LogP contribution in [0, 0.1) is 5.92 Å². The van der Waals surface area contributed by atoms with E-state index in [1.807, 2.05) is 24.3 Å². The van der Waals surface area contributed by atoms with Crippen molar-refractivity contribution in [2.45, 2.75) is 37.8 Å². The molecule has 1 aromatic rings. The number of hydrogen-bond donors (Lipinski definition) is 1. The maximum atomic E-state index is 10.2. The zero-order valence-electron chi connectivity index (χ0n) is 10.6. The lowest BCUT2D eigenvalue weighted by atomic mass is 10.1. The Morgan fingerprint density at radius 3 is 2.94 bits per heavy atom. The van der Waals surface area contributed by atoms with E-state index >= 15 is 0 Å². The molecule has 3 unspecified atom stereocenters. The first-order valence-corrected chi connectivity index (χ1v) is 7.69. The number of fused-ring (bicyclic) bond motifs is 2. The fourth-order valence-corrected chi connectivity index (χ4v) is 3.89. The van der Waals surface area contributed by atoms with Crippen LogP contribution in [0.15, 0.2) is 28.7 Å². The molecule has 1 aliphatic heterocycles. The van der Waals surface area contributed by atoms with E-state index in [0.29, 0.717) is 0 Å². The van der Waals surface area contributed by atoms with Gasteiger partial charge in [-0.2, -0.15) is 0 Å². The standard InChI is InChI=1S/C15H20BrNO/c16-13-3-1-2-12(9-13)15(18)6-7-17-10-11-4-5-14(17)8-11/h1-3,9,11,14-15,18H,4-8,10H2. The molecule has 0 amide bonds. The Balaban J connectivity index is 1.54. The average Bonchev–Trinajstić information content (AvgIpc) is 2.98. The van der Waals surface area contributed by atoms with Crippen molar-refractivity contribution in [1.82, 2.24) is 4.90 Å². The van der Waals surface area contributed by atoms with Gasteiger partial charge in [0, 0.05) is 23.6 Å². The van der Waals surface area contributed by atoms with Gasteiger partial charge in [0.15, 0.2) is 0 Å². The second-order valence-electron chi connectivity index (χ2n) is 5.69. The van der Waals surface area contributed by atoms with Gasteiger partial charge in [0.25, 0.3) is 0 Å². The largest absolute Gasteiger partial charge is 0.388 e. The van der Waals surface area contributed by atoms with Crippen LogP contribution in [0.5, 0.6) is 0 Å². The molecular formula is C15H20BrNO. The van der Waals surface area contributed by atoms with Crippen LogP contribution in [0.3, 0.4) is 0 Å². The lowest BCUT2D eigenvalue weighted by Gasteiger charge is -2.27. The molecule has 2 nitrogen and oxygen atoms in total. The van der Waals surface area contributed by atoms with Crippen LogP contribution in [-0.4, -0.2) is 29.1 Å². The minimum atomic E-state index is -0.332. The molecule has 0 spiro atoms. The molecule has 98 valence electrons. The van der Waals surface area contributed by atoms with Crippen molar-refractivity contribution in [3.63, 3.8) is 0 Å². The number of piperidine rings is 1. The fourth-order valence-electron chi connectivity index (χ4n) is 3.47. The number of aliphatic hydroxyl groups is 1. The predicted octanol–water partition coefficient (Wildman–Crippen LogP) is 3.36. The lowest BCUT2D eigenvalue weighted by Crippen LogP contribution is -2.33. The maximum absolute atomic E-state index is 10.2. The maximum Gasteiger partial charge on any atom is 0.0802 e. The van der Waals surface area contributed by atoms with E-state index in [1.165, 1.54) is 25.8 Å². The SMILES string of the molecule is OC(CCN1CC2CCC1C2)c1cccc(Br)c1. The summed E-state index contributed by atoms with van der Waals surface area (Å²) in [6, 6.07) is 8.81. The molecule has 2 aliphatic rings. The molecule has 2 fully saturated rings. The molecule has 1 aliphatic carbocycles. The molecule has 0 radical (unpaired) electrons. The van der Waals surface area contributed by atoms with Crippen molar-refractivity contribution in [2.24, 2.45) is 5.92 Å². The third-order valence-electron chi connectivity index (χ3n) is 4.45. The van der Waals surface area contributed by atoms with E-state index in [2.05, 4.69) is 20.8 Å². The van der Waals surface area contributed by atoms with Gasteiger partial charge in [-0.3, -0.25) is 4.90 Å². The van der Waals surface area contributed by atoms with Crippen molar-refractivity contribution in [3.05, 3.63) is 34.3 Å². The number of halogens is 1. The third-order valence-corrected chi connectivity index (χ3v) is 4.94. The van der Waals surface area contributed by atoms with Gasteiger partial charge in [0.2, 0.25) is 0 Å². The topological polar surface area (TPSA) is 23.5 Å². The fraction of sp³-hybridized carbons (Fsp3) is 0.600. The number of benzene rings is 1. The van der Waals surface area contributed by atoms with Crippen LogP contribution in [0.2, 0.25) is 0 Å². The summed E-state index contributed by atoms with van der Waals surface area (Å²) in [5.74, 6) is 0.943. The van der Waals surface area contributed by atoms with Crippen molar-refractivity contribution in [3.8, 4) is 0 Å². The van der Waals surface area contributed by atoms with Gasteiger partial charge in [-0.15, -0.1) is 0 Å². The van der Waals surface area contributed by atoms with Crippen molar-refractivity contribution in [2.75, 3.05) is 13.1 Å². The van der Waals surface area contributed by atoms with E-state index in [4.69, 9.17) is 0 Å². The van der Waals surface area contributed by atoms with Crippen LogP contribution in [-0.2, 0) is 0 Å².